The molecule has 3 unspecified atom stereocenters. The lowest BCUT2D eigenvalue weighted by Gasteiger charge is -2.29. The zero-order valence-corrected chi connectivity index (χ0v) is 25.5. The van der Waals surface area contributed by atoms with E-state index in [1.807, 2.05) is 0 Å². The highest BCUT2D eigenvalue weighted by atomic mass is 28.3. The van der Waals surface area contributed by atoms with E-state index in [1.165, 1.54) is 96.3 Å². The van der Waals surface area contributed by atoms with Gasteiger partial charge in [-0.05, 0) is 38.5 Å². The number of rotatable bonds is 27. The van der Waals surface area contributed by atoms with Gasteiger partial charge in [-0.25, -0.2) is 0 Å². The molecular formula is C30H64O3Si. The van der Waals surface area contributed by atoms with Crippen LogP contribution in [0.3, 0.4) is 0 Å². The number of unbranched alkanes of at least 4 members (excludes halogenated alkanes) is 12. The van der Waals surface area contributed by atoms with Gasteiger partial charge in [-0.3, -0.25) is 0 Å². The van der Waals surface area contributed by atoms with Crippen LogP contribution in [0.2, 0.25) is 0 Å². The Kier molecular flexibility index (Phi) is 26.2. The molecule has 3 nitrogen and oxygen atoms in total. The molecule has 0 rings (SSSR count). The lowest BCUT2D eigenvalue weighted by molar-refractivity contribution is -0.00198. The number of hydrogen-bond donors (Lipinski definition) is 0. The Morgan fingerprint density at radius 3 is 0.882 bits per heavy atom. The summed E-state index contributed by atoms with van der Waals surface area (Å²) in [6.07, 6.45) is 27.3. The third-order valence-electron chi connectivity index (χ3n) is 7.17. The van der Waals surface area contributed by atoms with Crippen molar-refractivity contribution in [2.24, 2.45) is 0 Å². The zero-order valence-electron chi connectivity index (χ0n) is 24.4. The van der Waals surface area contributed by atoms with Gasteiger partial charge in [0.1, 0.15) is 0 Å². The van der Waals surface area contributed by atoms with Crippen LogP contribution in [0.5, 0.6) is 0 Å². The Morgan fingerprint density at radius 2 is 0.647 bits per heavy atom. The lowest BCUT2D eigenvalue weighted by Crippen LogP contribution is -2.38. The van der Waals surface area contributed by atoms with Crippen molar-refractivity contribution < 1.29 is 13.3 Å². The van der Waals surface area contributed by atoms with Gasteiger partial charge in [0.15, 0.2) is 0 Å². The maximum atomic E-state index is 6.66. The third-order valence-corrected chi connectivity index (χ3v) is 8.99. The van der Waals surface area contributed by atoms with Crippen molar-refractivity contribution in [2.45, 2.75) is 195 Å². The fourth-order valence-electron chi connectivity index (χ4n) is 4.60. The van der Waals surface area contributed by atoms with E-state index in [0.717, 1.165) is 38.5 Å². The normalized spacial score (nSPS) is 15.4. The molecule has 0 fully saturated rings. The van der Waals surface area contributed by atoms with Gasteiger partial charge in [-0.15, -0.1) is 0 Å². The van der Waals surface area contributed by atoms with Crippen LogP contribution in [0.15, 0.2) is 0 Å². The standard InChI is InChI=1S/C30H64O3Si/c1-7-13-16-19-22-25-28(10-4)31-34(32-29(11-5)26-23-20-17-14-8-2)33-30(12-6)27-24-21-18-15-9-3/h28-30,34H,7-27H2,1-6H3. The molecule has 0 saturated carbocycles. The van der Waals surface area contributed by atoms with Crippen molar-refractivity contribution in [2.75, 3.05) is 0 Å². The van der Waals surface area contributed by atoms with Gasteiger partial charge in [0, 0.05) is 18.3 Å². The van der Waals surface area contributed by atoms with Crippen LogP contribution in [-0.2, 0) is 13.3 Å². The summed E-state index contributed by atoms with van der Waals surface area (Å²) in [5, 5.41) is 0. The molecule has 0 radical (unpaired) electrons. The quantitative estimate of drug-likeness (QED) is 0.0829. The van der Waals surface area contributed by atoms with Crippen LogP contribution >= 0.6 is 0 Å². The van der Waals surface area contributed by atoms with Gasteiger partial charge in [0.25, 0.3) is 0 Å². The van der Waals surface area contributed by atoms with Crippen LogP contribution in [0, 0.1) is 0 Å². The molecule has 34 heavy (non-hydrogen) atoms. The van der Waals surface area contributed by atoms with Crippen LogP contribution < -0.4 is 0 Å². The van der Waals surface area contributed by atoms with Gasteiger partial charge < -0.3 is 13.3 Å². The molecule has 0 aliphatic carbocycles. The van der Waals surface area contributed by atoms with Crippen molar-refractivity contribution in [1.29, 1.82) is 0 Å². The summed E-state index contributed by atoms with van der Waals surface area (Å²) in [5.41, 5.74) is 0. The predicted molar refractivity (Wildman–Crippen MR) is 153 cm³/mol. The lowest BCUT2D eigenvalue weighted by atomic mass is 10.1. The average molecular weight is 501 g/mol. The molecule has 0 aromatic heterocycles. The fraction of sp³-hybridized carbons (Fsp3) is 1.00. The van der Waals surface area contributed by atoms with E-state index in [1.54, 1.807) is 0 Å². The van der Waals surface area contributed by atoms with Crippen molar-refractivity contribution >= 4 is 9.53 Å². The Morgan fingerprint density at radius 1 is 0.382 bits per heavy atom. The van der Waals surface area contributed by atoms with Crippen LogP contribution in [0.1, 0.15) is 176 Å². The second-order valence-electron chi connectivity index (χ2n) is 10.4. The minimum Gasteiger partial charge on any atom is -0.373 e. The largest absolute Gasteiger partial charge is 0.484 e. The molecule has 0 spiro atoms. The molecule has 0 aliphatic rings. The molecule has 3 atom stereocenters. The average Bonchev–Trinajstić information content (AvgIpc) is 2.85. The van der Waals surface area contributed by atoms with Crippen LogP contribution in [-0.4, -0.2) is 27.8 Å². The predicted octanol–water partition coefficient (Wildman–Crippen LogP) is 10.2. The fourth-order valence-corrected chi connectivity index (χ4v) is 6.72. The second kappa shape index (κ2) is 26.2. The molecule has 0 heterocycles. The van der Waals surface area contributed by atoms with Crippen LogP contribution in [0.4, 0.5) is 0 Å². The van der Waals surface area contributed by atoms with Gasteiger partial charge >= 0.3 is 9.53 Å². The summed E-state index contributed by atoms with van der Waals surface area (Å²) in [5.74, 6) is 0. The van der Waals surface area contributed by atoms with Gasteiger partial charge in [-0.1, -0.05) is 138 Å². The van der Waals surface area contributed by atoms with Gasteiger partial charge in [0.05, 0.1) is 0 Å². The van der Waals surface area contributed by atoms with E-state index in [2.05, 4.69) is 41.5 Å². The molecule has 0 saturated heterocycles. The molecule has 0 N–H and O–H groups in total. The summed E-state index contributed by atoms with van der Waals surface area (Å²) in [4.78, 5) is 0. The van der Waals surface area contributed by atoms with Gasteiger partial charge in [-0.2, -0.15) is 0 Å². The molecule has 0 aromatic carbocycles. The molecule has 206 valence electrons. The monoisotopic (exact) mass is 500 g/mol. The first-order valence-electron chi connectivity index (χ1n) is 15.6. The second-order valence-corrected chi connectivity index (χ2v) is 11.8. The van der Waals surface area contributed by atoms with Crippen molar-refractivity contribution in [3.63, 3.8) is 0 Å². The smallest absolute Gasteiger partial charge is 0.373 e. The summed E-state index contributed by atoms with van der Waals surface area (Å²) >= 11 is 0. The van der Waals surface area contributed by atoms with E-state index in [-0.39, 0.29) is 0 Å². The highest BCUT2D eigenvalue weighted by molar-refractivity contribution is 6.36. The van der Waals surface area contributed by atoms with E-state index in [4.69, 9.17) is 13.3 Å². The maximum absolute atomic E-state index is 6.66. The Bertz CT molecular complexity index is 336. The number of hydrogen-bond acceptors (Lipinski definition) is 3. The van der Waals surface area contributed by atoms with Crippen molar-refractivity contribution in [3.05, 3.63) is 0 Å². The molecule has 0 bridgehead atoms. The minimum atomic E-state index is -2.15. The van der Waals surface area contributed by atoms with E-state index in [0.29, 0.717) is 18.3 Å². The van der Waals surface area contributed by atoms with Gasteiger partial charge in [0.2, 0.25) is 0 Å². The summed E-state index contributed by atoms with van der Waals surface area (Å²) in [6.45, 7) is 13.6. The Labute approximate surface area is 217 Å². The molecule has 0 aromatic rings. The van der Waals surface area contributed by atoms with Crippen molar-refractivity contribution in [3.8, 4) is 0 Å². The summed E-state index contributed by atoms with van der Waals surface area (Å²) in [6, 6.07) is 0. The highest BCUT2D eigenvalue weighted by Gasteiger charge is 2.27. The first-order chi connectivity index (χ1) is 16.6. The highest BCUT2D eigenvalue weighted by Crippen LogP contribution is 2.20. The van der Waals surface area contributed by atoms with E-state index >= 15 is 0 Å². The summed E-state index contributed by atoms with van der Waals surface area (Å²) in [7, 11) is -2.15. The van der Waals surface area contributed by atoms with Crippen LogP contribution in [0.25, 0.3) is 0 Å². The minimum absolute atomic E-state index is 0.294. The first-order valence-corrected chi connectivity index (χ1v) is 17.0. The van der Waals surface area contributed by atoms with E-state index in [9.17, 15) is 0 Å². The third kappa shape index (κ3) is 20.3. The topological polar surface area (TPSA) is 27.7 Å². The molecule has 0 amide bonds. The molecular weight excluding hydrogens is 436 g/mol. The van der Waals surface area contributed by atoms with E-state index < -0.39 is 9.53 Å². The SMILES string of the molecule is CCCCCCCC(CC)O[SiH](OC(CC)CCCCCCC)OC(CC)CCCCCCC. The first kappa shape index (κ1) is 34.1. The summed E-state index contributed by atoms with van der Waals surface area (Å²) < 4.78 is 20.0. The molecule has 4 heteroatoms. The molecule has 0 aliphatic heterocycles. The van der Waals surface area contributed by atoms with Crippen molar-refractivity contribution in [1.82, 2.24) is 0 Å². The Balaban J connectivity index is 4.84. The zero-order chi connectivity index (χ0) is 25.3. The maximum Gasteiger partial charge on any atom is 0.484 e. The Hall–Kier alpha value is 0.0969.